The van der Waals surface area contributed by atoms with Crippen molar-refractivity contribution in [2.45, 2.75) is 58.9 Å². The Balaban J connectivity index is 1.88. The van der Waals surface area contributed by atoms with Crippen LogP contribution in [0.4, 0.5) is 0 Å². The quantitative estimate of drug-likeness (QED) is 0.849. The second-order valence-electron chi connectivity index (χ2n) is 7.72. The number of sulfone groups is 1. The summed E-state index contributed by atoms with van der Waals surface area (Å²) >= 11 is 0. The van der Waals surface area contributed by atoms with E-state index in [1.165, 1.54) is 25.7 Å². The van der Waals surface area contributed by atoms with Crippen molar-refractivity contribution in [2.24, 2.45) is 28.9 Å². The maximum atomic E-state index is 11.6. The summed E-state index contributed by atoms with van der Waals surface area (Å²) in [6, 6.07) is 0.0955. The molecule has 1 saturated heterocycles. The predicted octanol–water partition coefficient (Wildman–Crippen LogP) is 2.60. The van der Waals surface area contributed by atoms with E-state index in [-0.39, 0.29) is 12.0 Å². The Morgan fingerprint density at radius 1 is 1.00 bits per heavy atom. The van der Waals surface area contributed by atoms with Crippen molar-refractivity contribution >= 4 is 9.84 Å². The van der Waals surface area contributed by atoms with E-state index in [9.17, 15) is 8.42 Å². The summed E-state index contributed by atoms with van der Waals surface area (Å²) in [6.45, 7) is 6.96. The molecule has 2 rings (SSSR count). The first kappa shape index (κ1) is 15.3. The van der Waals surface area contributed by atoms with Crippen molar-refractivity contribution < 1.29 is 8.42 Å². The van der Waals surface area contributed by atoms with Gasteiger partial charge in [0.2, 0.25) is 0 Å². The molecule has 1 aliphatic carbocycles. The fraction of sp³-hybridized carbons (Fsp3) is 1.00. The van der Waals surface area contributed by atoms with Crippen LogP contribution in [-0.2, 0) is 9.84 Å². The average molecular weight is 287 g/mol. The molecule has 112 valence electrons. The molecule has 0 aromatic carbocycles. The van der Waals surface area contributed by atoms with E-state index in [0.717, 1.165) is 12.3 Å². The van der Waals surface area contributed by atoms with Gasteiger partial charge in [0.05, 0.1) is 11.5 Å². The maximum Gasteiger partial charge on any atom is 0.150 e. The third-order valence-corrected chi connectivity index (χ3v) is 7.15. The highest BCUT2D eigenvalue weighted by Crippen LogP contribution is 2.42. The number of hydrogen-bond acceptors (Lipinski definition) is 3. The lowest BCUT2D eigenvalue weighted by atomic mass is 9.67. The summed E-state index contributed by atoms with van der Waals surface area (Å²) in [4.78, 5) is 0. The Bertz CT molecular complexity index is 402. The first-order chi connectivity index (χ1) is 8.69. The van der Waals surface area contributed by atoms with Gasteiger partial charge in [-0.25, -0.2) is 8.42 Å². The first-order valence-electron chi connectivity index (χ1n) is 7.65. The van der Waals surface area contributed by atoms with Gasteiger partial charge in [0.25, 0.3) is 0 Å². The van der Waals surface area contributed by atoms with Crippen molar-refractivity contribution in [3.63, 3.8) is 0 Å². The van der Waals surface area contributed by atoms with Gasteiger partial charge >= 0.3 is 0 Å². The molecule has 0 amide bonds. The minimum absolute atomic E-state index is 0.0955. The molecule has 0 bridgehead atoms. The van der Waals surface area contributed by atoms with Crippen LogP contribution in [0, 0.1) is 23.2 Å². The molecule has 2 atom stereocenters. The minimum Gasteiger partial charge on any atom is -0.327 e. The fourth-order valence-electron chi connectivity index (χ4n) is 3.88. The Morgan fingerprint density at radius 2 is 1.58 bits per heavy atom. The van der Waals surface area contributed by atoms with Gasteiger partial charge < -0.3 is 5.73 Å². The van der Waals surface area contributed by atoms with Crippen LogP contribution >= 0.6 is 0 Å². The summed E-state index contributed by atoms with van der Waals surface area (Å²) in [5, 5.41) is 0. The highest BCUT2D eigenvalue weighted by Gasteiger charge is 2.38. The van der Waals surface area contributed by atoms with Crippen molar-refractivity contribution in [3.05, 3.63) is 0 Å². The van der Waals surface area contributed by atoms with Gasteiger partial charge in [-0.1, -0.05) is 20.8 Å². The second-order valence-corrected chi connectivity index (χ2v) is 9.95. The lowest BCUT2D eigenvalue weighted by Crippen LogP contribution is -2.41. The Labute approximate surface area is 118 Å². The van der Waals surface area contributed by atoms with Gasteiger partial charge in [-0.05, 0) is 55.3 Å². The lowest BCUT2D eigenvalue weighted by molar-refractivity contribution is 0.130. The van der Waals surface area contributed by atoms with Gasteiger partial charge in [-0.15, -0.1) is 0 Å². The normalized spacial score (nSPS) is 37.2. The highest BCUT2D eigenvalue weighted by atomic mass is 32.2. The van der Waals surface area contributed by atoms with Crippen molar-refractivity contribution in [1.29, 1.82) is 0 Å². The molecule has 2 N–H and O–H groups in total. The zero-order valence-electron chi connectivity index (χ0n) is 12.6. The second kappa shape index (κ2) is 5.36. The summed E-state index contributed by atoms with van der Waals surface area (Å²) < 4.78 is 23.1. The molecule has 0 aromatic heterocycles. The molecular formula is C15H29NO2S. The molecule has 2 unspecified atom stereocenters. The van der Waals surface area contributed by atoms with Crippen LogP contribution in [0.1, 0.15) is 52.9 Å². The summed E-state index contributed by atoms with van der Waals surface area (Å²) in [7, 11) is -2.79. The third kappa shape index (κ3) is 3.72. The topological polar surface area (TPSA) is 60.2 Å². The molecule has 19 heavy (non-hydrogen) atoms. The Morgan fingerprint density at radius 3 is 2.00 bits per heavy atom. The van der Waals surface area contributed by atoms with Crippen molar-refractivity contribution in [1.82, 2.24) is 0 Å². The largest absolute Gasteiger partial charge is 0.327 e. The molecule has 4 heteroatoms. The van der Waals surface area contributed by atoms with Crippen LogP contribution in [0.15, 0.2) is 0 Å². The van der Waals surface area contributed by atoms with Crippen molar-refractivity contribution in [2.75, 3.05) is 11.5 Å². The van der Waals surface area contributed by atoms with E-state index in [2.05, 4.69) is 20.8 Å². The molecule has 1 heterocycles. The molecule has 0 aromatic rings. The van der Waals surface area contributed by atoms with Crippen LogP contribution in [0.5, 0.6) is 0 Å². The van der Waals surface area contributed by atoms with Crippen LogP contribution in [0.3, 0.4) is 0 Å². The SMILES string of the molecule is CC(C)(C)C1CCC(C(N)C2CCS(=O)(=O)C2)CC1. The maximum absolute atomic E-state index is 11.6. The van der Waals surface area contributed by atoms with Gasteiger partial charge in [0, 0.05) is 6.04 Å². The Hall–Kier alpha value is -0.0900. The zero-order valence-corrected chi connectivity index (χ0v) is 13.4. The van der Waals surface area contributed by atoms with Crippen LogP contribution in [-0.4, -0.2) is 26.0 Å². The molecule has 3 nitrogen and oxygen atoms in total. The van der Waals surface area contributed by atoms with Gasteiger partial charge in [-0.3, -0.25) is 0 Å². The molecule has 1 aliphatic heterocycles. The standard InChI is InChI=1S/C15H29NO2S/c1-15(2,3)13-6-4-11(5-7-13)14(16)12-8-9-19(17,18)10-12/h11-14H,4-10,16H2,1-3H3. The monoisotopic (exact) mass is 287 g/mol. The predicted molar refractivity (Wildman–Crippen MR) is 79.6 cm³/mol. The van der Waals surface area contributed by atoms with E-state index in [4.69, 9.17) is 5.73 Å². The zero-order chi connectivity index (χ0) is 14.3. The smallest absolute Gasteiger partial charge is 0.150 e. The minimum atomic E-state index is -2.79. The lowest BCUT2D eigenvalue weighted by Gasteiger charge is -2.39. The van der Waals surface area contributed by atoms with E-state index in [1.54, 1.807) is 0 Å². The summed E-state index contributed by atoms with van der Waals surface area (Å²) in [6.07, 6.45) is 5.64. The first-order valence-corrected chi connectivity index (χ1v) is 9.47. The number of nitrogens with two attached hydrogens (primary N) is 1. The molecule has 2 aliphatic rings. The Kier molecular flexibility index (Phi) is 4.32. The number of rotatable bonds is 2. The van der Waals surface area contributed by atoms with Gasteiger partial charge in [-0.2, -0.15) is 0 Å². The fourth-order valence-corrected chi connectivity index (χ4v) is 5.75. The van der Waals surface area contributed by atoms with Crippen LogP contribution < -0.4 is 5.73 Å². The van der Waals surface area contributed by atoms with E-state index < -0.39 is 9.84 Å². The van der Waals surface area contributed by atoms with Gasteiger partial charge in [0.15, 0.2) is 9.84 Å². The van der Waals surface area contributed by atoms with Gasteiger partial charge in [0.1, 0.15) is 0 Å². The summed E-state index contributed by atoms with van der Waals surface area (Å²) in [5.41, 5.74) is 6.76. The average Bonchev–Trinajstić information content (AvgIpc) is 2.68. The van der Waals surface area contributed by atoms with Crippen molar-refractivity contribution in [3.8, 4) is 0 Å². The third-order valence-electron chi connectivity index (χ3n) is 5.35. The molecule has 0 radical (unpaired) electrons. The molecule has 0 spiro atoms. The highest BCUT2D eigenvalue weighted by molar-refractivity contribution is 7.91. The van der Waals surface area contributed by atoms with Crippen LogP contribution in [0.2, 0.25) is 0 Å². The van der Waals surface area contributed by atoms with E-state index in [0.29, 0.717) is 22.8 Å². The van der Waals surface area contributed by atoms with E-state index in [1.807, 2.05) is 0 Å². The van der Waals surface area contributed by atoms with Crippen LogP contribution in [0.25, 0.3) is 0 Å². The molecule has 1 saturated carbocycles. The summed E-state index contributed by atoms with van der Waals surface area (Å²) in [5.74, 6) is 2.22. The van der Waals surface area contributed by atoms with E-state index >= 15 is 0 Å². The molecular weight excluding hydrogens is 258 g/mol. The number of hydrogen-bond donors (Lipinski definition) is 1. The molecule has 2 fully saturated rings.